The molecule has 1 aromatic heterocycles. The second-order valence-electron chi connectivity index (χ2n) is 7.72. The Balaban J connectivity index is 1.50. The van der Waals surface area contributed by atoms with Crippen molar-refractivity contribution >= 4 is 5.91 Å². The Morgan fingerprint density at radius 2 is 1.86 bits per heavy atom. The van der Waals surface area contributed by atoms with E-state index in [9.17, 15) is 4.79 Å². The molecule has 4 aliphatic rings. The Kier molecular flexibility index (Phi) is 3.05. The van der Waals surface area contributed by atoms with Crippen LogP contribution in [0.3, 0.4) is 0 Å². The summed E-state index contributed by atoms with van der Waals surface area (Å²) in [5, 5.41) is 3.27. The molecule has 0 spiro atoms. The fourth-order valence-corrected chi connectivity index (χ4v) is 5.64. The first-order chi connectivity index (χ1) is 10.1. The number of carbonyl (C=O) groups excluding carboxylic acids is 1. The van der Waals surface area contributed by atoms with Crippen LogP contribution in [0, 0.1) is 23.2 Å². The van der Waals surface area contributed by atoms with Gasteiger partial charge in [-0.15, -0.1) is 0 Å². The molecule has 1 aromatic rings. The van der Waals surface area contributed by atoms with Crippen molar-refractivity contribution in [3.63, 3.8) is 0 Å². The zero-order valence-corrected chi connectivity index (χ0v) is 12.7. The van der Waals surface area contributed by atoms with Crippen LogP contribution in [0.25, 0.3) is 0 Å². The molecule has 3 nitrogen and oxygen atoms in total. The minimum absolute atomic E-state index is 0.0337. The molecular formula is C18H24N2O. The molecule has 4 aliphatic carbocycles. The molecule has 21 heavy (non-hydrogen) atoms. The maximum Gasteiger partial charge on any atom is 0.253 e. The van der Waals surface area contributed by atoms with Crippen LogP contribution in [-0.4, -0.2) is 16.9 Å². The van der Waals surface area contributed by atoms with Gasteiger partial charge in [0.15, 0.2) is 0 Å². The van der Waals surface area contributed by atoms with Gasteiger partial charge in [0.1, 0.15) is 0 Å². The second-order valence-corrected chi connectivity index (χ2v) is 7.72. The number of nitrogens with zero attached hydrogens (tertiary/aromatic N) is 1. The first-order valence-electron chi connectivity index (χ1n) is 8.35. The highest BCUT2D eigenvalue weighted by atomic mass is 16.1. The smallest absolute Gasteiger partial charge is 0.253 e. The van der Waals surface area contributed by atoms with E-state index in [0.29, 0.717) is 11.0 Å². The fraction of sp³-hybridized carbons (Fsp3) is 0.667. The molecule has 1 atom stereocenters. The van der Waals surface area contributed by atoms with Gasteiger partial charge in [-0.3, -0.25) is 9.78 Å². The summed E-state index contributed by atoms with van der Waals surface area (Å²) in [7, 11) is 0. The summed E-state index contributed by atoms with van der Waals surface area (Å²) < 4.78 is 0. The largest absolute Gasteiger partial charge is 0.349 e. The number of pyridine rings is 1. The molecule has 112 valence electrons. The molecule has 1 amide bonds. The number of rotatable bonds is 3. The van der Waals surface area contributed by atoms with Crippen molar-refractivity contribution in [1.82, 2.24) is 10.3 Å². The lowest BCUT2D eigenvalue weighted by molar-refractivity contribution is -0.0688. The summed E-state index contributed by atoms with van der Waals surface area (Å²) in [4.78, 5) is 16.4. The molecular weight excluding hydrogens is 260 g/mol. The molecule has 1 N–H and O–H groups in total. The van der Waals surface area contributed by atoms with Crippen LogP contribution in [0.1, 0.15) is 55.8 Å². The molecule has 4 bridgehead atoms. The second kappa shape index (κ2) is 4.82. The van der Waals surface area contributed by atoms with E-state index in [2.05, 4.69) is 17.2 Å². The van der Waals surface area contributed by atoms with Crippen molar-refractivity contribution < 1.29 is 4.79 Å². The average Bonchev–Trinajstić information content (AvgIpc) is 2.46. The van der Waals surface area contributed by atoms with Crippen LogP contribution in [0.2, 0.25) is 0 Å². The monoisotopic (exact) mass is 284 g/mol. The lowest BCUT2D eigenvalue weighted by Gasteiger charge is -2.59. The molecule has 4 fully saturated rings. The molecule has 0 aromatic carbocycles. The summed E-state index contributed by atoms with van der Waals surface area (Å²) in [6.07, 6.45) is 11.7. The molecule has 0 aliphatic heterocycles. The van der Waals surface area contributed by atoms with Gasteiger partial charge in [-0.05, 0) is 80.8 Å². The Morgan fingerprint density at radius 1 is 1.24 bits per heavy atom. The third-order valence-electron chi connectivity index (χ3n) is 6.28. The number of hydrogen-bond acceptors (Lipinski definition) is 2. The van der Waals surface area contributed by atoms with E-state index in [0.717, 1.165) is 17.8 Å². The van der Waals surface area contributed by atoms with Gasteiger partial charge >= 0.3 is 0 Å². The van der Waals surface area contributed by atoms with E-state index in [-0.39, 0.29) is 11.9 Å². The SMILES string of the molecule is C[C@H](NC(=O)c1cccnc1)C12CC3CC(CC(C3)C1)C2. The standard InChI is InChI=1S/C18H24N2O/c1-12(20-17(21)16-3-2-4-19-11-16)18-8-13-5-14(9-18)7-15(6-13)10-18/h2-4,11-15H,5-10H2,1H3,(H,20,21)/t12-,13?,14?,15?,18?/m0/s1. The van der Waals surface area contributed by atoms with Crippen molar-refractivity contribution in [3.05, 3.63) is 30.1 Å². The van der Waals surface area contributed by atoms with E-state index < -0.39 is 0 Å². The van der Waals surface area contributed by atoms with Crippen LogP contribution < -0.4 is 5.32 Å². The van der Waals surface area contributed by atoms with Gasteiger partial charge < -0.3 is 5.32 Å². The van der Waals surface area contributed by atoms with Crippen LogP contribution in [0.4, 0.5) is 0 Å². The number of nitrogens with one attached hydrogen (secondary N) is 1. The quantitative estimate of drug-likeness (QED) is 0.924. The lowest BCUT2D eigenvalue weighted by Crippen LogP contribution is -2.55. The average molecular weight is 284 g/mol. The predicted molar refractivity (Wildman–Crippen MR) is 81.8 cm³/mol. The molecule has 1 heterocycles. The first-order valence-corrected chi connectivity index (χ1v) is 8.35. The number of carbonyl (C=O) groups is 1. The summed E-state index contributed by atoms with van der Waals surface area (Å²) in [6, 6.07) is 3.94. The number of amides is 1. The molecule has 0 radical (unpaired) electrons. The molecule has 5 rings (SSSR count). The summed E-state index contributed by atoms with van der Waals surface area (Å²) in [5.74, 6) is 2.81. The predicted octanol–water partition coefficient (Wildman–Crippen LogP) is 3.42. The highest BCUT2D eigenvalue weighted by molar-refractivity contribution is 5.94. The van der Waals surface area contributed by atoms with Crippen molar-refractivity contribution in [2.24, 2.45) is 23.2 Å². The van der Waals surface area contributed by atoms with Crippen LogP contribution in [0.5, 0.6) is 0 Å². The minimum Gasteiger partial charge on any atom is -0.349 e. The highest BCUT2D eigenvalue weighted by Gasteiger charge is 2.53. The first kappa shape index (κ1) is 13.3. The van der Waals surface area contributed by atoms with E-state index in [4.69, 9.17) is 0 Å². The summed E-state index contributed by atoms with van der Waals surface area (Å²) in [5.41, 5.74) is 1.04. The van der Waals surface area contributed by atoms with E-state index in [1.807, 2.05) is 12.1 Å². The van der Waals surface area contributed by atoms with Gasteiger partial charge in [0, 0.05) is 18.4 Å². The van der Waals surface area contributed by atoms with Crippen LogP contribution in [0.15, 0.2) is 24.5 Å². The Morgan fingerprint density at radius 3 is 2.38 bits per heavy atom. The van der Waals surface area contributed by atoms with Gasteiger partial charge in [0.05, 0.1) is 5.56 Å². The molecule has 0 unspecified atom stereocenters. The third-order valence-corrected chi connectivity index (χ3v) is 6.28. The van der Waals surface area contributed by atoms with Gasteiger partial charge in [0.25, 0.3) is 5.91 Å². The third kappa shape index (κ3) is 2.27. The Labute approximate surface area is 126 Å². The van der Waals surface area contributed by atoms with E-state index in [1.165, 1.54) is 38.5 Å². The lowest BCUT2D eigenvalue weighted by atomic mass is 9.48. The van der Waals surface area contributed by atoms with Crippen molar-refractivity contribution in [3.8, 4) is 0 Å². The zero-order valence-electron chi connectivity index (χ0n) is 12.7. The highest BCUT2D eigenvalue weighted by Crippen LogP contribution is 2.61. The molecule has 4 saturated carbocycles. The topological polar surface area (TPSA) is 42.0 Å². The van der Waals surface area contributed by atoms with Gasteiger partial charge in [-0.2, -0.15) is 0 Å². The molecule has 0 saturated heterocycles. The zero-order chi connectivity index (χ0) is 14.4. The Hall–Kier alpha value is -1.38. The van der Waals surface area contributed by atoms with E-state index >= 15 is 0 Å². The maximum atomic E-state index is 12.4. The summed E-state index contributed by atoms with van der Waals surface area (Å²) in [6.45, 7) is 2.22. The normalized spacial score (nSPS) is 38.2. The van der Waals surface area contributed by atoms with E-state index in [1.54, 1.807) is 12.4 Å². The van der Waals surface area contributed by atoms with Crippen LogP contribution in [-0.2, 0) is 0 Å². The van der Waals surface area contributed by atoms with Crippen molar-refractivity contribution in [2.45, 2.75) is 51.5 Å². The van der Waals surface area contributed by atoms with Gasteiger partial charge in [-0.1, -0.05) is 0 Å². The fourth-order valence-electron chi connectivity index (χ4n) is 5.64. The summed E-state index contributed by atoms with van der Waals surface area (Å²) >= 11 is 0. The van der Waals surface area contributed by atoms with Gasteiger partial charge in [0.2, 0.25) is 0 Å². The number of aromatic nitrogens is 1. The van der Waals surface area contributed by atoms with Crippen LogP contribution >= 0.6 is 0 Å². The molecule has 3 heteroatoms. The minimum atomic E-state index is 0.0337. The van der Waals surface area contributed by atoms with Crippen molar-refractivity contribution in [2.75, 3.05) is 0 Å². The van der Waals surface area contributed by atoms with Crippen molar-refractivity contribution in [1.29, 1.82) is 0 Å². The number of hydrogen-bond donors (Lipinski definition) is 1. The maximum absolute atomic E-state index is 12.4. The Bertz CT molecular complexity index is 504. The van der Waals surface area contributed by atoms with Gasteiger partial charge in [-0.25, -0.2) is 0 Å².